The minimum atomic E-state index is -0.447. The summed E-state index contributed by atoms with van der Waals surface area (Å²) in [5.74, 6) is -0.131. The highest BCUT2D eigenvalue weighted by atomic mass is 32.1. The molecule has 8 heteroatoms. The van der Waals surface area contributed by atoms with E-state index in [1.54, 1.807) is 0 Å². The fraction of sp³-hybridized carbons (Fsp3) is 0.227. The molecule has 1 N–H and O–H groups in total. The minimum Gasteiger partial charge on any atom is -0.311 e. The molecule has 150 valence electrons. The number of hydrogen-bond acceptors (Lipinski definition) is 6. The van der Waals surface area contributed by atoms with Crippen molar-refractivity contribution >= 4 is 55.5 Å². The molecule has 0 radical (unpaired) electrons. The van der Waals surface area contributed by atoms with Crippen molar-refractivity contribution in [3.05, 3.63) is 53.5 Å². The maximum atomic E-state index is 13.2. The first-order valence-corrected chi connectivity index (χ1v) is 10.8. The van der Waals surface area contributed by atoms with Gasteiger partial charge in [-0.25, -0.2) is 9.97 Å². The molecule has 5 rings (SSSR count). The van der Waals surface area contributed by atoms with Gasteiger partial charge < -0.3 is 4.57 Å². The molecule has 0 aliphatic rings. The average molecular weight is 417 g/mol. The number of anilines is 1. The number of benzene rings is 2. The highest BCUT2D eigenvalue weighted by Crippen LogP contribution is 2.32. The fourth-order valence-corrected chi connectivity index (χ4v) is 4.46. The lowest BCUT2D eigenvalue weighted by atomic mass is 10.2. The van der Waals surface area contributed by atoms with Crippen LogP contribution in [0.1, 0.15) is 31.3 Å². The zero-order valence-electron chi connectivity index (χ0n) is 16.7. The van der Waals surface area contributed by atoms with Gasteiger partial charge in [0.2, 0.25) is 11.0 Å². The van der Waals surface area contributed by atoms with Crippen molar-refractivity contribution in [3.8, 4) is 0 Å². The van der Waals surface area contributed by atoms with Gasteiger partial charge in [0, 0.05) is 5.39 Å². The van der Waals surface area contributed by atoms with Crippen molar-refractivity contribution in [1.29, 1.82) is 0 Å². The minimum absolute atomic E-state index is 0.131. The third-order valence-electron chi connectivity index (χ3n) is 5.20. The number of carbonyl (C=O) groups excluding carboxylic acids is 1. The smallest absolute Gasteiger partial charge is 0.249 e. The van der Waals surface area contributed by atoms with Gasteiger partial charge in [-0.1, -0.05) is 55.5 Å². The van der Waals surface area contributed by atoms with Crippen molar-refractivity contribution in [2.45, 2.75) is 32.7 Å². The predicted molar refractivity (Wildman–Crippen MR) is 120 cm³/mol. The van der Waals surface area contributed by atoms with E-state index in [-0.39, 0.29) is 5.91 Å². The second-order valence-corrected chi connectivity index (χ2v) is 8.10. The number of fused-ring (bicyclic) bond motifs is 4. The van der Waals surface area contributed by atoms with Gasteiger partial charge in [0.15, 0.2) is 5.65 Å². The van der Waals surface area contributed by atoms with Crippen LogP contribution < -0.4 is 5.32 Å². The Morgan fingerprint density at radius 1 is 1.03 bits per heavy atom. The second-order valence-electron chi connectivity index (χ2n) is 7.04. The number of hydrogen-bond donors (Lipinski definition) is 1. The van der Waals surface area contributed by atoms with Gasteiger partial charge in [-0.05, 0) is 31.0 Å². The maximum Gasteiger partial charge on any atom is 0.249 e. The largest absolute Gasteiger partial charge is 0.311 e. The predicted octanol–water partition coefficient (Wildman–Crippen LogP) is 4.74. The van der Waals surface area contributed by atoms with Crippen LogP contribution in [0.25, 0.3) is 33.1 Å². The fourth-order valence-electron chi connectivity index (χ4n) is 3.77. The molecule has 0 fully saturated rings. The molecule has 3 aromatic heterocycles. The van der Waals surface area contributed by atoms with Gasteiger partial charge in [-0.2, -0.15) is 0 Å². The van der Waals surface area contributed by atoms with Gasteiger partial charge in [-0.15, -0.1) is 10.2 Å². The number of para-hydroxylation sites is 3. The lowest BCUT2D eigenvalue weighted by Gasteiger charge is -2.18. The third-order valence-corrected chi connectivity index (χ3v) is 6.18. The molecule has 7 nitrogen and oxygen atoms in total. The Hall–Kier alpha value is -3.39. The summed E-state index contributed by atoms with van der Waals surface area (Å²) >= 11 is 1.40. The lowest BCUT2D eigenvalue weighted by Crippen LogP contribution is -2.25. The van der Waals surface area contributed by atoms with Crippen molar-refractivity contribution in [3.63, 3.8) is 0 Å². The van der Waals surface area contributed by atoms with Crippen LogP contribution in [0.3, 0.4) is 0 Å². The zero-order valence-corrected chi connectivity index (χ0v) is 17.5. The summed E-state index contributed by atoms with van der Waals surface area (Å²) in [6, 6.07) is 15.4. The van der Waals surface area contributed by atoms with Gasteiger partial charge in [-0.3, -0.25) is 10.1 Å². The van der Waals surface area contributed by atoms with E-state index in [0.717, 1.165) is 38.9 Å². The second kappa shape index (κ2) is 7.46. The summed E-state index contributed by atoms with van der Waals surface area (Å²) in [4.78, 5) is 23.0. The van der Waals surface area contributed by atoms with E-state index in [1.807, 2.05) is 66.9 Å². The summed E-state index contributed by atoms with van der Waals surface area (Å²) < 4.78 is 2.00. The van der Waals surface area contributed by atoms with Crippen LogP contribution in [-0.2, 0) is 11.2 Å². The number of rotatable bonds is 5. The van der Waals surface area contributed by atoms with Gasteiger partial charge in [0.1, 0.15) is 16.6 Å². The van der Waals surface area contributed by atoms with E-state index >= 15 is 0 Å². The van der Waals surface area contributed by atoms with Crippen molar-refractivity contribution in [2.75, 3.05) is 5.32 Å². The van der Waals surface area contributed by atoms with E-state index in [9.17, 15) is 4.79 Å². The number of aromatic nitrogens is 5. The normalized spacial score (nSPS) is 12.6. The molecule has 0 aliphatic carbocycles. The summed E-state index contributed by atoms with van der Waals surface area (Å²) in [6.45, 7) is 4.01. The topological polar surface area (TPSA) is 85.6 Å². The Labute approximate surface area is 176 Å². The van der Waals surface area contributed by atoms with Crippen LogP contribution in [0, 0.1) is 0 Å². The number of nitrogens with zero attached hydrogens (tertiary/aromatic N) is 5. The summed E-state index contributed by atoms with van der Waals surface area (Å²) in [5.41, 5.74) is 4.10. The van der Waals surface area contributed by atoms with Crippen LogP contribution in [0.2, 0.25) is 0 Å². The van der Waals surface area contributed by atoms with E-state index in [0.29, 0.717) is 17.2 Å². The molecule has 1 amide bonds. The molecule has 0 spiro atoms. The first kappa shape index (κ1) is 18.6. The maximum absolute atomic E-state index is 13.2. The lowest BCUT2D eigenvalue weighted by molar-refractivity contribution is -0.119. The first-order valence-electron chi connectivity index (χ1n) is 9.98. The summed E-state index contributed by atoms with van der Waals surface area (Å²) in [6.07, 6.45) is 1.40. The quantitative estimate of drug-likeness (QED) is 0.447. The van der Waals surface area contributed by atoms with Crippen LogP contribution in [0.5, 0.6) is 0 Å². The van der Waals surface area contributed by atoms with Crippen LogP contribution in [0.15, 0.2) is 48.5 Å². The first-order chi connectivity index (χ1) is 14.7. The molecule has 0 saturated heterocycles. The average Bonchev–Trinajstić information content (AvgIpc) is 3.35. The molecule has 3 heterocycles. The van der Waals surface area contributed by atoms with Gasteiger partial charge in [0.05, 0.1) is 16.6 Å². The van der Waals surface area contributed by atoms with Crippen molar-refractivity contribution in [1.82, 2.24) is 24.7 Å². The summed E-state index contributed by atoms with van der Waals surface area (Å²) in [5, 5.41) is 13.5. The molecule has 1 atom stereocenters. The van der Waals surface area contributed by atoms with Crippen molar-refractivity contribution < 1.29 is 4.79 Å². The molecule has 0 saturated carbocycles. The molecule has 1 unspecified atom stereocenters. The highest BCUT2D eigenvalue weighted by Gasteiger charge is 2.25. The van der Waals surface area contributed by atoms with E-state index in [1.165, 1.54) is 11.3 Å². The molecule has 30 heavy (non-hydrogen) atoms. The van der Waals surface area contributed by atoms with Gasteiger partial charge >= 0.3 is 0 Å². The summed E-state index contributed by atoms with van der Waals surface area (Å²) in [7, 11) is 0. The molecular weight excluding hydrogens is 396 g/mol. The Morgan fingerprint density at radius 2 is 1.77 bits per heavy atom. The van der Waals surface area contributed by atoms with E-state index in [4.69, 9.17) is 9.97 Å². The van der Waals surface area contributed by atoms with Crippen LogP contribution in [-0.4, -0.2) is 30.6 Å². The Bertz CT molecular complexity index is 1390. The Morgan fingerprint density at radius 3 is 2.50 bits per heavy atom. The van der Waals surface area contributed by atoms with Crippen LogP contribution in [0.4, 0.5) is 5.13 Å². The van der Waals surface area contributed by atoms with Crippen molar-refractivity contribution in [2.24, 2.45) is 0 Å². The number of carbonyl (C=O) groups is 1. The van der Waals surface area contributed by atoms with E-state index in [2.05, 4.69) is 15.5 Å². The standard InChI is InChI=1S/C22H20N6OS/c1-3-16(21(29)25-22-27-26-18(4-2)30-22)28-17-12-8-5-9-13(17)19-20(28)24-15-11-7-6-10-14(15)23-19/h5-12,16H,3-4H2,1-2H3,(H,25,27,29). The van der Waals surface area contributed by atoms with Gasteiger partial charge in [0.25, 0.3) is 0 Å². The molecule has 2 aromatic carbocycles. The van der Waals surface area contributed by atoms with Crippen LogP contribution >= 0.6 is 11.3 Å². The Balaban J connectivity index is 1.68. The molecule has 0 bridgehead atoms. The number of nitrogens with one attached hydrogen (secondary N) is 1. The SMILES string of the molecule is CCc1nnc(NC(=O)C(CC)n2c3ccccc3c3nc4ccccc4nc32)s1. The zero-order chi connectivity index (χ0) is 20.7. The Kier molecular flexibility index (Phi) is 4.63. The number of amides is 1. The molecular formula is C22H20N6OS. The number of aryl methyl sites for hydroxylation is 1. The monoisotopic (exact) mass is 416 g/mol. The third kappa shape index (κ3) is 3.00. The highest BCUT2D eigenvalue weighted by molar-refractivity contribution is 7.15. The molecule has 5 aromatic rings. The molecule has 0 aliphatic heterocycles. The van der Waals surface area contributed by atoms with E-state index < -0.39 is 6.04 Å².